The van der Waals surface area contributed by atoms with Crippen LogP contribution >= 0.6 is 0 Å². The van der Waals surface area contributed by atoms with Gasteiger partial charge in [0.15, 0.2) is 0 Å². The second kappa shape index (κ2) is 13.1. The van der Waals surface area contributed by atoms with Crippen molar-refractivity contribution in [1.82, 2.24) is 21.7 Å². The van der Waals surface area contributed by atoms with E-state index in [1.807, 2.05) is 0 Å². The van der Waals surface area contributed by atoms with Gasteiger partial charge in [-0.3, -0.25) is 61.1 Å². The Kier molecular flexibility index (Phi) is 8.97. The lowest BCUT2D eigenvalue weighted by molar-refractivity contribution is -0.385. The van der Waals surface area contributed by atoms with Crippen LogP contribution in [0.2, 0.25) is 0 Å². The van der Waals surface area contributed by atoms with Crippen LogP contribution in [0.25, 0.3) is 0 Å². The number of hydrogen-bond donors (Lipinski definition) is 4. The summed E-state index contributed by atoms with van der Waals surface area (Å²) < 4.78 is 5.71. The number of rotatable bonds is 8. The van der Waals surface area contributed by atoms with Gasteiger partial charge in [-0.25, -0.2) is 0 Å². The van der Waals surface area contributed by atoms with E-state index < -0.39 is 33.5 Å². The third-order valence-corrected chi connectivity index (χ3v) is 5.69. The first-order valence-electron chi connectivity index (χ1n) is 12.2. The maximum atomic E-state index is 12.4. The Balaban J connectivity index is 1.27. The van der Waals surface area contributed by atoms with Gasteiger partial charge in [-0.05, 0) is 60.7 Å². The number of nitrogens with zero attached hydrogens (tertiary/aromatic N) is 2. The fourth-order valence-electron chi connectivity index (χ4n) is 3.52. The Morgan fingerprint density at radius 1 is 0.488 bits per heavy atom. The number of nitro groups is 2. The van der Waals surface area contributed by atoms with Crippen LogP contribution < -0.4 is 26.4 Å². The summed E-state index contributed by atoms with van der Waals surface area (Å²) in [6.07, 6.45) is 0. The molecule has 0 heterocycles. The van der Waals surface area contributed by atoms with E-state index in [4.69, 9.17) is 4.74 Å². The van der Waals surface area contributed by atoms with Gasteiger partial charge < -0.3 is 4.74 Å². The van der Waals surface area contributed by atoms with Gasteiger partial charge in [0.2, 0.25) is 0 Å². The lowest BCUT2D eigenvalue weighted by Crippen LogP contribution is -2.41. The van der Waals surface area contributed by atoms with E-state index in [1.165, 1.54) is 84.9 Å². The molecule has 0 saturated carbocycles. The Bertz CT molecular complexity index is 1600. The lowest BCUT2D eigenvalue weighted by atomic mass is 10.2. The topological polar surface area (TPSA) is 212 Å². The quantitative estimate of drug-likeness (QED) is 0.176. The zero-order valence-corrected chi connectivity index (χ0v) is 21.8. The van der Waals surface area contributed by atoms with Crippen LogP contribution in [-0.2, 0) is 0 Å². The van der Waals surface area contributed by atoms with Crippen molar-refractivity contribution < 1.29 is 33.8 Å². The standard InChI is InChI=1S/C28H20N6O9/c35-25(29-31-27(37)19-3-1-5-21(15-19)33(39)40)17-7-11-23(12-8-17)43-24-13-9-18(10-14-24)26(36)30-32-28(38)20-4-2-6-22(16-20)34(41)42/h1-16H,(H,29,35)(H,30,36)(H,31,37)(H,32,38). The molecule has 0 aliphatic rings. The van der Waals surface area contributed by atoms with Crippen molar-refractivity contribution in [3.8, 4) is 11.5 Å². The van der Waals surface area contributed by atoms with E-state index in [-0.39, 0.29) is 33.6 Å². The monoisotopic (exact) mass is 584 g/mol. The Labute approximate surface area is 241 Å². The van der Waals surface area contributed by atoms with Gasteiger partial charge in [-0.15, -0.1) is 0 Å². The second-order valence-corrected chi connectivity index (χ2v) is 8.58. The van der Waals surface area contributed by atoms with Gasteiger partial charge >= 0.3 is 0 Å². The van der Waals surface area contributed by atoms with Crippen molar-refractivity contribution in [3.63, 3.8) is 0 Å². The first-order valence-corrected chi connectivity index (χ1v) is 12.2. The molecule has 0 unspecified atom stereocenters. The molecule has 4 amide bonds. The number of amides is 4. The van der Waals surface area contributed by atoms with E-state index in [2.05, 4.69) is 21.7 Å². The van der Waals surface area contributed by atoms with Crippen molar-refractivity contribution in [2.75, 3.05) is 0 Å². The number of carbonyl (C=O) groups excluding carboxylic acids is 4. The van der Waals surface area contributed by atoms with Crippen molar-refractivity contribution in [3.05, 3.63) is 140 Å². The summed E-state index contributed by atoms with van der Waals surface area (Å²) in [4.78, 5) is 69.6. The average Bonchev–Trinajstić information content (AvgIpc) is 3.02. The summed E-state index contributed by atoms with van der Waals surface area (Å²) in [6, 6.07) is 21.8. The molecule has 0 saturated heterocycles. The van der Waals surface area contributed by atoms with E-state index in [0.717, 1.165) is 12.1 Å². The van der Waals surface area contributed by atoms with E-state index in [1.54, 1.807) is 0 Å². The maximum absolute atomic E-state index is 12.4. The third kappa shape index (κ3) is 7.73. The summed E-state index contributed by atoms with van der Waals surface area (Å²) in [5.74, 6) is -2.04. The minimum atomic E-state index is -0.737. The molecule has 43 heavy (non-hydrogen) atoms. The van der Waals surface area contributed by atoms with Gasteiger partial charge in [0, 0.05) is 46.5 Å². The molecule has 4 aromatic rings. The minimum Gasteiger partial charge on any atom is -0.457 e. The smallest absolute Gasteiger partial charge is 0.270 e. The van der Waals surface area contributed by atoms with Crippen molar-refractivity contribution in [2.45, 2.75) is 0 Å². The fraction of sp³-hybridized carbons (Fsp3) is 0. The highest BCUT2D eigenvalue weighted by atomic mass is 16.6. The normalized spacial score (nSPS) is 10.1. The molecule has 0 fully saturated rings. The molecular weight excluding hydrogens is 564 g/mol. The summed E-state index contributed by atoms with van der Waals surface area (Å²) >= 11 is 0. The van der Waals surface area contributed by atoms with Crippen molar-refractivity contribution >= 4 is 35.0 Å². The molecule has 0 aliphatic heterocycles. The molecule has 15 heteroatoms. The lowest BCUT2D eigenvalue weighted by Gasteiger charge is -2.10. The molecule has 4 N–H and O–H groups in total. The van der Waals surface area contributed by atoms with Crippen molar-refractivity contribution in [2.24, 2.45) is 0 Å². The van der Waals surface area contributed by atoms with Crippen LogP contribution in [0.5, 0.6) is 11.5 Å². The van der Waals surface area contributed by atoms with Crippen LogP contribution in [0.1, 0.15) is 41.4 Å². The Morgan fingerprint density at radius 3 is 1.14 bits per heavy atom. The van der Waals surface area contributed by atoms with Gasteiger partial charge in [0.1, 0.15) is 11.5 Å². The molecule has 0 aliphatic carbocycles. The number of nitrogens with one attached hydrogen (secondary N) is 4. The molecule has 0 aromatic heterocycles. The van der Waals surface area contributed by atoms with Crippen LogP contribution in [0, 0.1) is 20.2 Å². The van der Waals surface area contributed by atoms with E-state index in [0.29, 0.717) is 11.5 Å². The molecule has 15 nitrogen and oxygen atoms in total. The second-order valence-electron chi connectivity index (χ2n) is 8.58. The summed E-state index contributed by atoms with van der Waals surface area (Å²) in [6.45, 7) is 0. The Hall–Kier alpha value is -6.64. The van der Waals surface area contributed by atoms with Crippen LogP contribution in [0.4, 0.5) is 11.4 Å². The number of ether oxygens (including phenoxy) is 1. The molecular formula is C28H20N6O9. The van der Waals surface area contributed by atoms with Gasteiger partial charge in [-0.2, -0.15) is 0 Å². The number of nitro benzene ring substituents is 2. The van der Waals surface area contributed by atoms with E-state index in [9.17, 15) is 39.4 Å². The minimum absolute atomic E-state index is 0.00743. The Morgan fingerprint density at radius 2 is 0.814 bits per heavy atom. The molecule has 0 radical (unpaired) electrons. The highest BCUT2D eigenvalue weighted by Crippen LogP contribution is 2.22. The molecule has 216 valence electrons. The summed E-state index contributed by atoms with van der Waals surface area (Å²) in [5, 5.41) is 21.7. The predicted octanol–water partition coefficient (Wildman–Crippen LogP) is 3.44. The molecule has 0 atom stereocenters. The maximum Gasteiger partial charge on any atom is 0.270 e. The average molecular weight is 585 g/mol. The number of hydrazine groups is 2. The van der Waals surface area contributed by atoms with Crippen LogP contribution in [-0.4, -0.2) is 33.5 Å². The number of non-ortho nitro benzene ring substituents is 2. The number of benzene rings is 4. The van der Waals surface area contributed by atoms with Gasteiger partial charge in [0.25, 0.3) is 35.0 Å². The molecule has 0 bridgehead atoms. The summed E-state index contributed by atoms with van der Waals surface area (Å²) in [5.41, 5.74) is 8.65. The van der Waals surface area contributed by atoms with Crippen molar-refractivity contribution in [1.29, 1.82) is 0 Å². The van der Waals surface area contributed by atoms with Crippen LogP contribution in [0.3, 0.4) is 0 Å². The number of carbonyl (C=O) groups is 4. The molecule has 4 aromatic carbocycles. The van der Waals surface area contributed by atoms with Crippen LogP contribution in [0.15, 0.2) is 97.1 Å². The highest BCUT2D eigenvalue weighted by Gasteiger charge is 2.15. The zero-order valence-electron chi connectivity index (χ0n) is 21.8. The van der Waals surface area contributed by atoms with Gasteiger partial charge in [0.05, 0.1) is 9.85 Å². The first kappa shape index (κ1) is 29.3. The highest BCUT2D eigenvalue weighted by molar-refractivity contribution is 6.00. The third-order valence-electron chi connectivity index (χ3n) is 5.69. The summed E-state index contributed by atoms with van der Waals surface area (Å²) in [7, 11) is 0. The van der Waals surface area contributed by atoms with Gasteiger partial charge in [-0.1, -0.05) is 12.1 Å². The predicted molar refractivity (Wildman–Crippen MR) is 149 cm³/mol. The number of hydrogen-bond acceptors (Lipinski definition) is 9. The largest absolute Gasteiger partial charge is 0.457 e. The van der Waals surface area contributed by atoms with E-state index >= 15 is 0 Å². The molecule has 0 spiro atoms. The fourth-order valence-corrected chi connectivity index (χ4v) is 3.52. The zero-order chi connectivity index (χ0) is 30.9. The molecule has 4 rings (SSSR count). The SMILES string of the molecule is O=C(NNC(=O)c1cccc([N+](=O)[O-])c1)c1ccc(Oc2ccc(C(=O)NNC(=O)c3cccc([N+](=O)[O-])c3)cc2)cc1. The first-order chi connectivity index (χ1) is 20.6.